The van der Waals surface area contributed by atoms with Crippen LogP contribution < -0.4 is 15.5 Å². The van der Waals surface area contributed by atoms with Crippen molar-refractivity contribution in [1.29, 1.82) is 0 Å². The number of benzene rings is 2. The average Bonchev–Trinajstić information content (AvgIpc) is 3.33. The molecular weight excluding hydrogens is 494 g/mol. The lowest BCUT2D eigenvalue weighted by atomic mass is 9.93. The maximum absolute atomic E-state index is 13.2. The molecule has 3 N–H and O–H groups in total. The van der Waals surface area contributed by atoms with Gasteiger partial charge in [0.25, 0.3) is 5.91 Å². The number of hydrogen-bond acceptors (Lipinski definition) is 7. The molecule has 2 amide bonds. The molecule has 1 aliphatic heterocycles. The summed E-state index contributed by atoms with van der Waals surface area (Å²) in [5.41, 5.74) is 5.16. The number of carbonyl (C=O) groups excluding carboxylic acids is 2. The van der Waals surface area contributed by atoms with Crippen LogP contribution in [0.5, 0.6) is 5.75 Å². The highest BCUT2D eigenvalue weighted by Gasteiger charge is 2.41. The van der Waals surface area contributed by atoms with Crippen LogP contribution in [0.3, 0.4) is 0 Å². The summed E-state index contributed by atoms with van der Waals surface area (Å²) in [7, 11) is 0. The van der Waals surface area contributed by atoms with Gasteiger partial charge < -0.3 is 10.1 Å². The Morgan fingerprint density at radius 3 is 2.64 bits per heavy atom. The fraction of sp³-hybridized carbons (Fsp3) is 0.267. The van der Waals surface area contributed by atoms with E-state index in [1.807, 2.05) is 55.5 Å². The van der Waals surface area contributed by atoms with Gasteiger partial charge in [0, 0.05) is 48.0 Å². The Hall–Kier alpha value is -4.34. The Morgan fingerprint density at radius 1 is 1.08 bits per heavy atom. The molecule has 0 saturated carbocycles. The maximum atomic E-state index is 13.2. The molecule has 0 aliphatic carbocycles. The molecule has 1 fully saturated rings. The molecule has 3 heterocycles. The number of hydrogen-bond donors (Lipinski definition) is 3. The number of pyridine rings is 2. The first-order valence-corrected chi connectivity index (χ1v) is 12.9. The summed E-state index contributed by atoms with van der Waals surface area (Å²) < 4.78 is 6.03. The number of amides is 2. The number of para-hydroxylation sites is 1. The molecule has 2 aromatic carbocycles. The van der Waals surface area contributed by atoms with E-state index in [-0.39, 0.29) is 12.3 Å². The number of aryl methyl sites for hydroxylation is 1. The van der Waals surface area contributed by atoms with Crippen LogP contribution in [-0.2, 0) is 17.9 Å². The van der Waals surface area contributed by atoms with Crippen LogP contribution in [-0.4, -0.2) is 50.5 Å². The van der Waals surface area contributed by atoms with Gasteiger partial charge in [-0.25, -0.2) is 5.48 Å². The van der Waals surface area contributed by atoms with Gasteiger partial charge in [-0.2, -0.15) is 0 Å². The third-order valence-electron chi connectivity index (χ3n) is 6.99. The van der Waals surface area contributed by atoms with Gasteiger partial charge in [-0.15, -0.1) is 0 Å². The van der Waals surface area contributed by atoms with E-state index in [0.717, 1.165) is 27.9 Å². The fourth-order valence-electron chi connectivity index (χ4n) is 5.14. The Balaban J connectivity index is 1.24. The standard InChI is InChI=1S/C30H31N5O4/c1-21-16-23(26-7-2-3-8-27(26)32-21)19-39-25-11-9-22(10-12-25)29(37)33-30(17-28(36)34-38)13-15-35(20-30)18-24-6-4-5-14-31-24/h2-12,14,16,38H,13,15,17-20H2,1H3,(H,33,37)(H,34,36). The van der Waals surface area contributed by atoms with Gasteiger partial charge in [0.15, 0.2) is 0 Å². The second-order valence-corrected chi connectivity index (χ2v) is 9.98. The molecule has 4 aromatic rings. The Kier molecular flexibility index (Phi) is 7.81. The second-order valence-electron chi connectivity index (χ2n) is 9.98. The van der Waals surface area contributed by atoms with Crippen molar-refractivity contribution in [2.24, 2.45) is 0 Å². The molecule has 5 rings (SSSR count). The summed E-state index contributed by atoms with van der Waals surface area (Å²) in [5, 5.41) is 13.3. The number of carbonyl (C=O) groups is 2. The minimum Gasteiger partial charge on any atom is -0.489 e. The summed E-state index contributed by atoms with van der Waals surface area (Å²) in [6.07, 6.45) is 2.28. The van der Waals surface area contributed by atoms with Crippen LogP contribution in [0.4, 0.5) is 0 Å². The average molecular weight is 526 g/mol. The summed E-state index contributed by atoms with van der Waals surface area (Å²) in [4.78, 5) is 36.5. The quantitative estimate of drug-likeness (QED) is 0.225. The summed E-state index contributed by atoms with van der Waals surface area (Å²) in [6.45, 7) is 4.09. The highest BCUT2D eigenvalue weighted by atomic mass is 16.5. The van der Waals surface area contributed by atoms with Gasteiger partial charge >= 0.3 is 0 Å². The first-order valence-electron chi connectivity index (χ1n) is 12.9. The van der Waals surface area contributed by atoms with Crippen LogP contribution in [0.25, 0.3) is 10.9 Å². The van der Waals surface area contributed by atoms with Crippen LogP contribution >= 0.6 is 0 Å². The smallest absolute Gasteiger partial charge is 0.251 e. The zero-order valence-electron chi connectivity index (χ0n) is 21.8. The molecule has 1 atom stereocenters. The van der Waals surface area contributed by atoms with E-state index >= 15 is 0 Å². The lowest BCUT2D eigenvalue weighted by Crippen LogP contribution is -2.52. The van der Waals surface area contributed by atoms with Crippen molar-refractivity contribution in [1.82, 2.24) is 25.7 Å². The van der Waals surface area contributed by atoms with Crippen LogP contribution in [0.15, 0.2) is 79.0 Å². The molecule has 1 aliphatic rings. The molecular formula is C30H31N5O4. The van der Waals surface area contributed by atoms with Gasteiger partial charge in [0.2, 0.25) is 5.91 Å². The summed E-state index contributed by atoms with van der Waals surface area (Å²) in [6, 6.07) is 22.7. The number of nitrogens with zero attached hydrogens (tertiary/aromatic N) is 3. The normalized spacial score (nSPS) is 17.2. The van der Waals surface area contributed by atoms with Crippen LogP contribution in [0.2, 0.25) is 0 Å². The van der Waals surface area contributed by atoms with Gasteiger partial charge in [-0.1, -0.05) is 24.3 Å². The van der Waals surface area contributed by atoms with Crippen molar-refractivity contribution in [3.05, 3.63) is 102 Å². The van der Waals surface area contributed by atoms with Gasteiger partial charge in [-0.3, -0.25) is 29.7 Å². The molecule has 9 nitrogen and oxygen atoms in total. The first kappa shape index (κ1) is 26.3. The third kappa shape index (κ3) is 6.39. The molecule has 39 heavy (non-hydrogen) atoms. The summed E-state index contributed by atoms with van der Waals surface area (Å²) >= 11 is 0. The van der Waals surface area contributed by atoms with Gasteiger partial charge in [-0.05, 0) is 61.9 Å². The van der Waals surface area contributed by atoms with Crippen molar-refractivity contribution in [2.45, 2.75) is 38.5 Å². The van der Waals surface area contributed by atoms with E-state index in [9.17, 15) is 9.59 Å². The summed E-state index contributed by atoms with van der Waals surface area (Å²) in [5.74, 6) is -0.192. The zero-order valence-corrected chi connectivity index (χ0v) is 21.8. The lowest BCUT2D eigenvalue weighted by Gasteiger charge is -2.30. The largest absolute Gasteiger partial charge is 0.489 e. The van der Waals surface area contributed by atoms with Crippen LogP contribution in [0, 0.1) is 6.92 Å². The molecule has 9 heteroatoms. The minimum atomic E-state index is -0.811. The Labute approximate surface area is 226 Å². The predicted molar refractivity (Wildman–Crippen MR) is 146 cm³/mol. The molecule has 2 aromatic heterocycles. The van der Waals surface area contributed by atoms with Gasteiger partial charge in [0.05, 0.1) is 23.2 Å². The molecule has 1 unspecified atom stereocenters. The number of rotatable bonds is 9. The third-order valence-corrected chi connectivity index (χ3v) is 6.99. The maximum Gasteiger partial charge on any atom is 0.251 e. The number of likely N-dealkylation sites (tertiary alicyclic amines) is 1. The highest BCUT2D eigenvalue weighted by molar-refractivity contribution is 5.95. The van der Waals surface area contributed by atoms with Crippen molar-refractivity contribution in [2.75, 3.05) is 13.1 Å². The predicted octanol–water partition coefficient (Wildman–Crippen LogP) is 3.79. The molecule has 1 saturated heterocycles. The number of aromatic nitrogens is 2. The fourth-order valence-corrected chi connectivity index (χ4v) is 5.14. The number of hydroxylamine groups is 1. The van der Waals surface area contributed by atoms with Crippen molar-refractivity contribution in [3.63, 3.8) is 0 Å². The van der Waals surface area contributed by atoms with E-state index in [1.165, 1.54) is 0 Å². The minimum absolute atomic E-state index is 0.0333. The number of ether oxygens (including phenoxy) is 1. The SMILES string of the molecule is Cc1cc(COc2ccc(C(=O)NC3(CC(=O)NO)CCN(Cc4ccccn4)C3)cc2)c2ccccc2n1. The molecule has 0 spiro atoms. The Bertz CT molecular complexity index is 1460. The molecule has 200 valence electrons. The number of fused-ring (bicyclic) bond motifs is 1. The van der Waals surface area contributed by atoms with Crippen molar-refractivity contribution >= 4 is 22.7 Å². The van der Waals surface area contributed by atoms with E-state index in [4.69, 9.17) is 9.94 Å². The van der Waals surface area contributed by atoms with E-state index in [2.05, 4.69) is 20.2 Å². The molecule has 0 radical (unpaired) electrons. The van der Waals surface area contributed by atoms with Gasteiger partial charge in [0.1, 0.15) is 12.4 Å². The topological polar surface area (TPSA) is 117 Å². The van der Waals surface area contributed by atoms with Crippen LogP contribution in [0.1, 0.15) is 40.2 Å². The monoisotopic (exact) mass is 525 g/mol. The highest BCUT2D eigenvalue weighted by Crippen LogP contribution is 2.27. The first-order chi connectivity index (χ1) is 18.9. The Morgan fingerprint density at radius 2 is 1.87 bits per heavy atom. The zero-order chi connectivity index (χ0) is 27.2. The van der Waals surface area contributed by atoms with E-state index in [0.29, 0.717) is 44.0 Å². The van der Waals surface area contributed by atoms with E-state index < -0.39 is 11.4 Å². The lowest BCUT2D eigenvalue weighted by molar-refractivity contribution is -0.130. The second kappa shape index (κ2) is 11.6. The van der Waals surface area contributed by atoms with E-state index in [1.54, 1.807) is 35.9 Å². The number of nitrogens with one attached hydrogen (secondary N) is 2. The van der Waals surface area contributed by atoms with Crippen molar-refractivity contribution in [3.8, 4) is 5.75 Å². The molecule has 0 bridgehead atoms. The van der Waals surface area contributed by atoms with Crippen molar-refractivity contribution < 1.29 is 19.5 Å².